The quantitative estimate of drug-likeness (QED) is 0.913. The van der Waals surface area contributed by atoms with Crippen LogP contribution in [-0.4, -0.2) is 53.9 Å². The lowest BCUT2D eigenvalue weighted by molar-refractivity contribution is 0.0778. The zero-order valence-electron chi connectivity index (χ0n) is 14.7. The van der Waals surface area contributed by atoms with E-state index in [1.54, 1.807) is 0 Å². The van der Waals surface area contributed by atoms with Crippen molar-refractivity contribution in [1.82, 2.24) is 20.4 Å². The van der Waals surface area contributed by atoms with Gasteiger partial charge in [-0.25, -0.2) is 4.79 Å². The van der Waals surface area contributed by atoms with Crippen molar-refractivity contribution in [1.29, 1.82) is 0 Å². The predicted molar refractivity (Wildman–Crippen MR) is 88.9 cm³/mol. The summed E-state index contributed by atoms with van der Waals surface area (Å²) in [6.07, 6.45) is 4.57. The van der Waals surface area contributed by atoms with Gasteiger partial charge in [-0.1, -0.05) is 19.0 Å². The number of ether oxygens (including phenoxy) is 1. The van der Waals surface area contributed by atoms with Crippen molar-refractivity contribution < 1.29 is 14.1 Å². The highest BCUT2D eigenvalue weighted by molar-refractivity contribution is 5.74. The zero-order chi connectivity index (χ0) is 17.0. The largest absolute Gasteiger partial charge is 0.381 e. The van der Waals surface area contributed by atoms with Crippen LogP contribution in [0.25, 0.3) is 0 Å². The number of likely N-dealkylation sites (tertiary alicyclic amines) is 1. The van der Waals surface area contributed by atoms with Gasteiger partial charge in [-0.05, 0) is 32.1 Å². The Morgan fingerprint density at radius 3 is 2.71 bits per heavy atom. The Morgan fingerprint density at radius 2 is 2.04 bits per heavy atom. The normalized spacial score (nSPS) is 21.7. The molecule has 1 aromatic heterocycles. The molecule has 1 N–H and O–H groups in total. The molecule has 0 bridgehead atoms. The number of piperidine rings is 1. The molecule has 0 saturated carbocycles. The second-order valence-corrected chi connectivity index (χ2v) is 7.12. The molecule has 3 heterocycles. The van der Waals surface area contributed by atoms with Crippen molar-refractivity contribution in [2.24, 2.45) is 0 Å². The maximum absolute atomic E-state index is 12.1. The van der Waals surface area contributed by atoms with Gasteiger partial charge in [-0.2, -0.15) is 4.98 Å². The predicted octanol–water partition coefficient (Wildman–Crippen LogP) is 2.44. The molecule has 0 radical (unpaired) electrons. The second kappa shape index (κ2) is 7.51. The molecule has 134 valence electrons. The van der Waals surface area contributed by atoms with Crippen LogP contribution in [0.2, 0.25) is 0 Å². The molecule has 2 fully saturated rings. The van der Waals surface area contributed by atoms with E-state index in [0.29, 0.717) is 5.92 Å². The Hall–Kier alpha value is -1.63. The van der Waals surface area contributed by atoms with Crippen molar-refractivity contribution in [3.63, 3.8) is 0 Å². The first-order valence-electron chi connectivity index (χ1n) is 9.07. The first kappa shape index (κ1) is 17.2. The maximum atomic E-state index is 12.1. The van der Waals surface area contributed by atoms with Crippen LogP contribution >= 0.6 is 0 Å². The van der Waals surface area contributed by atoms with E-state index in [1.165, 1.54) is 0 Å². The third kappa shape index (κ3) is 3.71. The number of amides is 2. The highest BCUT2D eigenvalue weighted by atomic mass is 16.5. The molecule has 0 unspecified atom stereocenters. The Morgan fingerprint density at radius 1 is 1.33 bits per heavy atom. The van der Waals surface area contributed by atoms with E-state index in [-0.39, 0.29) is 11.4 Å². The Labute approximate surface area is 143 Å². The molecule has 0 atom stereocenters. The smallest absolute Gasteiger partial charge is 0.317 e. The topological polar surface area (TPSA) is 80.5 Å². The third-order valence-corrected chi connectivity index (χ3v) is 5.23. The van der Waals surface area contributed by atoms with Crippen LogP contribution in [0.1, 0.15) is 63.6 Å². The summed E-state index contributed by atoms with van der Waals surface area (Å²) >= 11 is 0. The number of hydrogen-bond donors (Lipinski definition) is 1. The molecular formula is C17H28N4O3. The Balaban J connectivity index is 1.59. The van der Waals surface area contributed by atoms with Gasteiger partial charge in [-0.15, -0.1) is 0 Å². The molecule has 0 aromatic carbocycles. The molecule has 2 saturated heterocycles. The average molecular weight is 336 g/mol. The molecule has 0 aliphatic carbocycles. The van der Waals surface area contributed by atoms with Crippen molar-refractivity contribution in [2.75, 3.05) is 32.8 Å². The first-order valence-corrected chi connectivity index (χ1v) is 9.07. The lowest BCUT2D eigenvalue weighted by Gasteiger charge is -2.37. The van der Waals surface area contributed by atoms with E-state index in [0.717, 1.165) is 76.7 Å². The van der Waals surface area contributed by atoms with Gasteiger partial charge in [0, 0.05) is 44.2 Å². The standard InChI is InChI=1S/C17H28N4O3/c1-3-8-18-16(22)21-9-6-17(2,7-10-21)15-19-14(24-20-15)13-4-11-23-12-5-13/h13H,3-12H2,1-2H3,(H,18,22). The van der Waals surface area contributed by atoms with Gasteiger partial charge in [0.2, 0.25) is 5.89 Å². The van der Waals surface area contributed by atoms with Crippen LogP contribution in [0.3, 0.4) is 0 Å². The van der Waals surface area contributed by atoms with Gasteiger partial charge < -0.3 is 19.5 Å². The fourth-order valence-corrected chi connectivity index (χ4v) is 3.36. The van der Waals surface area contributed by atoms with Gasteiger partial charge in [0.1, 0.15) is 0 Å². The summed E-state index contributed by atoms with van der Waals surface area (Å²) < 4.78 is 10.9. The number of hydrogen-bond acceptors (Lipinski definition) is 5. The fourth-order valence-electron chi connectivity index (χ4n) is 3.36. The number of nitrogens with zero attached hydrogens (tertiary/aromatic N) is 3. The summed E-state index contributed by atoms with van der Waals surface area (Å²) in [6, 6.07) is 0.0370. The van der Waals surface area contributed by atoms with Crippen LogP contribution in [-0.2, 0) is 10.2 Å². The van der Waals surface area contributed by atoms with E-state index in [1.807, 2.05) is 4.90 Å². The summed E-state index contributed by atoms with van der Waals surface area (Å²) in [5, 5.41) is 7.20. The molecule has 7 nitrogen and oxygen atoms in total. The summed E-state index contributed by atoms with van der Waals surface area (Å²) in [4.78, 5) is 18.7. The summed E-state index contributed by atoms with van der Waals surface area (Å²) in [6.45, 7) is 7.95. The molecule has 7 heteroatoms. The van der Waals surface area contributed by atoms with E-state index < -0.39 is 0 Å². The number of urea groups is 1. The summed E-state index contributed by atoms with van der Waals surface area (Å²) in [5.41, 5.74) is -0.117. The monoisotopic (exact) mass is 336 g/mol. The molecule has 2 aliphatic rings. The van der Waals surface area contributed by atoms with Crippen LogP contribution in [0.4, 0.5) is 4.79 Å². The Bertz CT molecular complexity index is 546. The molecule has 3 rings (SSSR count). The maximum Gasteiger partial charge on any atom is 0.317 e. The first-order chi connectivity index (χ1) is 11.6. The molecule has 0 spiro atoms. The van der Waals surface area contributed by atoms with Gasteiger partial charge >= 0.3 is 6.03 Å². The molecule has 2 amide bonds. The van der Waals surface area contributed by atoms with Gasteiger partial charge in [0.15, 0.2) is 5.82 Å². The van der Waals surface area contributed by atoms with Crippen LogP contribution in [0, 0.1) is 0 Å². The summed E-state index contributed by atoms with van der Waals surface area (Å²) in [7, 11) is 0. The van der Waals surface area contributed by atoms with Gasteiger partial charge in [0.05, 0.1) is 0 Å². The number of nitrogens with one attached hydrogen (secondary N) is 1. The van der Waals surface area contributed by atoms with Crippen molar-refractivity contribution in [3.8, 4) is 0 Å². The number of carbonyl (C=O) groups excluding carboxylic acids is 1. The third-order valence-electron chi connectivity index (χ3n) is 5.23. The average Bonchev–Trinajstić information content (AvgIpc) is 3.12. The zero-order valence-corrected chi connectivity index (χ0v) is 14.7. The number of carbonyl (C=O) groups is 1. The molecule has 24 heavy (non-hydrogen) atoms. The Kier molecular flexibility index (Phi) is 5.38. The van der Waals surface area contributed by atoms with Gasteiger partial charge in [0.25, 0.3) is 0 Å². The number of rotatable bonds is 4. The minimum Gasteiger partial charge on any atom is -0.381 e. The van der Waals surface area contributed by atoms with Crippen molar-refractivity contribution >= 4 is 6.03 Å². The number of aromatic nitrogens is 2. The molecule has 2 aliphatic heterocycles. The minimum absolute atomic E-state index is 0.0370. The van der Waals surface area contributed by atoms with Crippen LogP contribution in [0.5, 0.6) is 0 Å². The minimum atomic E-state index is -0.117. The molecule has 1 aromatic rings. The van der Waals surface area contributed by atoms with Crippen LogP contribution < -0.4 is 5.32 Å². The van der Waals surface area contributed by atoms with E-state index >= 15 is 0 Å². The van der Waals surface area contributed by atoms with E-state index in [4.69, 9.17) is 14.2 Å². The lowest BCUT2D eigenvalue weighted by Crippen LogP contribution is -2.48. The highest BCUT2D eigenvalue weighted by Gasteiger charge is 2.38. The van der Waals surface area contributed by atoms with Crippen LogP contribution in [0.15, 0.2) is 4.52 Å². The van der Waals surface area contributed by atoms with Crippen molar-refractivity contribution in [3.05, 3.63) is 11.7 Å². The van der Waals surface area contributed by atoms with Crippen molar-refractivity contribution in [2.45, 2.75) is 57.3 Å². The second-order valence-electron chi connectivity index (χ2n) is 7.12. The fraction of sp³-hybridized carbons (Fsp3) is 0.824. The lowest BCUT2D eigenvalue weighted by atomic mass is 9.79. The van der Waals surface area contributed by atoms with E-state index in [2.05, 4.69) is 24.3 Å². The molecular weight excluding hydrogens is 308 g/mol. The summed E-state index contributed by atoms with van der Waals surface area (Å²) in [5.74, 6) is 1.86. The highest BCUT2D eigenvalue weighted by Crippen LogP contribution is 2.35. The SMILES string of the molecule is CCCNC(=O)N1CCC(C)(c2noc(C3CCOCC3)n2)CC1. The van der Waals surface area contributed by atoms with Gasteiger partial charge in [-0.3, -0.25) is 0 Å². The van der Waals surface area contributed by atoms with E-state index in [9.17, 15) is 4.79 Å².